The van der Waals surface area contributed by atoms with Crippen molar-refractivity contribution in [1.82, 2.24) is 24.5 Å². The molecule has 1 fully saturated rings. The van der Waals surface area contributed by atoms with Crippen LogP contribution in [0.1, 0.15) is 44.7 Å². The number of aromatic nitrogens is 5. The maximum atomic E-state index is 13.2. The average molecular weight is 495 g/mol. The zero-order chi connectivity index (χ0) is 25.1. The van der Waals surface area contributed by atoms with E-state index in [0.29, 0.717) is 5.75 Å². The van der Waals surface area contributed by atoms with E-state index in [1.165, 1.54) is 12.1 Å². The lowest BCUT2D eigenvalue weighted by Gasteiger charge is -2.29. The first-order chi connectivity index (χ1) is 17.6. The predicted octanol–water partition coefficient (Wildman–Crippen LogP) is 3.95. The van der Waals surface area contributed by atoms with Crippen LogP contribution in [0.3, 0.4) is 0 Å². The predicted molar refractivity (Wildman–Crippen MR) is 134 cm³/mol. The fourth-order valence-electron chi connectivity index (χ4n) is 4.80. The summed E-state index contributed by atoms with van der Waals surface area (Å²) in [5, 5.41) is 32.6. The summed E-state index contributed by atoms with van der Waals surface area (Å²) in [6, 6.07) is 7.90. The van der Waals surface area contributed by atoms with Gasteiger partial charge >= 0.3 is 0 Å². The standard InChI is InChI=1S/C26H31FN6O3/c1-2-28-25-11-24-23(13-29-25)26(17-12-30-32(14-17)20(15-34)16-35)31-33(24)19-5-9-22(10-6-19)36-21-7-3-18(27)4-8-21/h3-4,7-8,11-14,19-20,22,34-35H,2,5-6,9-10,15-16H2,1H3,(H,28,29)/t19-,22+. The van der Waals surface area contributed by atoms with Gasteiger partial charge in [-0.2, -0.15) is 10.2 Å². The lowest BCUT2D eigenvalue weighted by Crippen LogP contribution is -2.26. The molecule has 3 heterocycles. The molecule has 9 nitrogen and oxygen atoms in total. The minimum absolute atomic E-state index is 0.0825. The minimum atomic E-state index is -0.498. The smallest absolute Gasteiger partial charge is 0.128 e. The van der Waals surface area contributed by atoms with Gasteiger partial charge < -0.3 is 20.3 Å². The van der Waals surface area contributed by atoms with E-state index >= 15 is 0 Å². The van der Waals surface area contributed by atoms with E-state index in [1.807, 2.05) is 19.2 Å². The third kappa shape index (κ3) is 4.91. The largest absolute Gasteiger partial charge is 0.490 e. The summed E-state index contributed by atoms with van der Waals surface area (Å²) in [4.78, 5) is 4.56. The van der Waals surface area contributed by atoms with Crippen molar-refractivity contribution in [2.75, 3.05) is 25.1 Å². The van der Waals surface area contributed by atoms with Crippen LogP contribution in [-0.4, -0.2) is 60.6 Å². The van der Waals surface area contributed by atoms with Gasteiger partial charge in [0.05, 0.1) is 43.1 Å². The third-order valence-electron chi connectivity index (χ3n) is 6.73. The molecule has 36 heavy (non-hydrogen) atoms. The van der Waals surface area contributed by atoms with Crippen LogP contribution in [0.15, 0.2) is 48.9 Å². The molecule has 1 aromatic carbocycles. The van der Waals surface area contributed by atoms with Crippen molar-refractivity contribution in [2.24, 2.45) is 0 Å². The molecule has 0 spiro atoms. The Labute approximate surface area is 208 Å². The molecule has 3 N–H and O–H groups in total. The number of anilines is 1. The molecule has 5 rings (SSSR count). The average Bonchev–Trinajstić information content (AvgIpc) is 3.52. The number of benzene rings is 1. The van der Waals surface area contributed by atoms with Crippen LogP contribution >= 0.6 is 0 Å². The Kier molecular flexibility index (Phi) is 7.15. The Balaban J connectivity index is 1.41. The lowest BCUT2D eigenvalue weighted by atomic mass is 9.93. The quantitative estimate of drug-likeness (QED) is 0.323. The first-order valence-electron chi connectivity index (χ1n) is 12.4. The normalized spacial score (nSPS) is 18.1. The molecule has 0 aliphatic heterocycles. The van der Waals surface area contributed by atoms with Crippen molar-refractivity contribution in [2.45, 2.75) is 50.8 Å². The van der Waals surface area contributed by atoms with Gasteiger partial charge in [-0.15, -0.1) is 0 Å². The summed E-state index contributed by atoms with van der Waals surface area (Å²) in [6.07, 6.45) is 8.97. The summed E-state index contributed by atoms with van der Waals surface area (Å²) in [7, 11) is 0. The molecule has 1 aliphatic carbocycles. The van der Waals surface area contributed by atoms with E-state index in [2.05, 4.69) is 20.1 Å². The first kappa shape index (κ1) is 24.2. The minimum Gasteiger partial charge on any atom is -0.490 e. The molecule has 0 atom stereocenters. The second-order valence-electron chi connectivity index (χ2n) is 9.14. The second kappa shape index (κ2) is 10.6. The van der Waals surface area contributed by atoms with E-state index in [1.54, 1.807) is 29.2 Å². The van der Waals surface area contributed by atoms with Crippen molar-refractivity contribution in [3.63, 3.8) is 0 Å². The van der Waals surface area contributed by atoms with Gasteiger partial charge in [-0.1, -0.05) is 0 Å². The van der Waals surface area contributed by atoms with Crippen LogP contribution in [0.2, 0.25) is 0 Å². The molecule has 1 aliphatic rings. The lowest BCUT2D eigenvalue weighted by molar-refractivity contribution is 0.131. The van der Waals surface area contributed by atoms with Gasteiger partial charge in [-0.05, 0) is 56.9 Å². The second-order valence-corrected chi connectivity index (χ2v) is 9.14. The maximum absolute atomic E-state index is 13.2. The van der Waals surface area contributed by atoms with E-state index in [4.69, 9.17) is 9.84 Å². The molecule has 1 saturated carbocycles. The summed E-state index contributed by atoms with van der Waals surface area (Å²) in [5.41, 5.74) is 2.57. The molecule has 4 aromatic rings. The fourth-order valence-corrected chi connectivity index (χ4v) is 4.80. The summed E-state index contributed by atoms with van der Waals surface area (Å²) in [6.45, 7) is 2.39. The molecule has 0 amide bonds. The zero-order valence-electron chi connectivity index (χ0n) is 20.2. The van der Waals surface area contributed by atoms with Gasteiger partial charge in [0.1, 0.15) is 23.1 Å². The third-order valence-corrected chi connectivity index (χ3v) is 6.73. The number of hydrogen-bond acceptors (Lipinski definition) is 7. The van der Waals surface area contributed by atoms with Crippen LogP contribution in [0.5, 0.6) is 5.75 Å². The first-order valence-corrected chi connectivity index (χ1v) is 12.4. The van der Waals surface area contributed by atoms with Gasteiger partial charge in [0.2, 0.25) is 0 Å². The molecule has 0 bridgehead atoms. The summed E-state index contributed by atoms with van der Waals surface area (Å²) >= 11 is 0. The highest BCUT2D eigenvalue weighted by Gasteiger charge is 2.27. The maximum Gasteiger partial charge on any atom is 0.128 e. The van der Waals surface area contributed by atoms with Crippen LogP contribution in [0.4, 0.5) is 10.2 Å². The monoisotopic (exact) mass is 494 g/mol. The Morgan fingerprint density at radius 2 is 1.86 bits per heavy atom. The highest BCUT2D eigenvalue weighted by atomic mass is 19.1. The summed E-state index contributed by atoms with van der Waals surface area (Å²) in [5.74, 6) is 1.21. The van der Waals surface area contributed by atoms with Gasteiger partial charge in [0, 0.05) is 36.0 Å². The Bertz CT molecular complexity index is 1290. The highest BCUT2D eigenvalue weighted by Crippen LogP contribution is 2.36. The number of hydrogen-bond donors (Lipinski definition) is 3. The van der Waals surface area contributed by atoms with E-state index in [0.717, 1.165) is 60.2 Å². The zero-order valence-corrected chi connectivity index (χ0v) is 20.2. The van der Waals surface area contributed by atoms with E-state index in [-0.39, 0.29) is 31.2 Å². The molecule has 190 valence electrons. The number of ether oxygens (including phenoxy) is 1. The van der Waals surface area contributed by atoms with E-state index in [9.17, 15) is 14.6 Å². The van der Waals surface area contributed by atoms with Crippen LogP contribution < -0.4 is 10.1 Å². The van der Waals surface area contributed by atoms with Crippen molar-refractivity contribution < 1.29 is 19.3 Å². The number of aliphatic hydroxyl groups excluding tert-OH is 2. The number of fused-ring (bicyclic) bond motifs is 1. The van der Waals surface area contributed by atoms with Gasteiger partial charge in [0.15, 0.2) is 0 Å². The molecular formula is C26H31FN6O3. The van der Waals surface area contributed by atoms with Gasteiger partial charge in [0.25, 0.3) is 0 Å². The Hall–Kier alpha value is -3.50. The van der Waals surface area contributed by atoms with Crippen molar-refractivity contribution in [1.29, 1.82) is 0 Å². The highest BCUT2D eigenvalue weighted by molar-refractivity contribution is 5.93. The van der Waals surface area contributed by atoms with Gasteiger partial charge in [-0.3, -0.25) is 9.36 Å². The molecule has 0 saturated heterocycles. The number of halogens is 1. The van der Waals surface area contributed by atoms with Crippen LogP contribution in [0.25, 0.3) is 22.2 Å². The number of aliphatic hydroxyl groups is 2. The molecular weight excluding hydrogens is 463 g/mol. The number of nitrogens with zero attached hydrogens (tertiary/aromatic N) is 5. The molecule has 3 aromatic heterocycles. The van der Waals surface area contributed by atoms with Crippen LogP contribution in [-0.2, 0) is 0 Å². The number of nitrogens with one attached hydrogen (secondary N) is 1. The molecule has 0 radical (unpaired) electrons. The van der Waals surface area contributed by atoms with Crippen molar-refractivity contribution >= 4 is 16.7 Å². The van der Waals surface area contributed by atoms with Gasteiger partial charge in [-0.25, -0.2) is 9.37 Å². The molecule has 10 heteroatoms. The van der Waals surface area contributed by atoms with Crippen molar-refractivity contribution in [3.05, 3.63) is 54.7 Å². The van der Waals surface area contributed by atoms with Crippen molar-refractivity contribution in [3.8, 4) is 17.0 Å². The summed E-state index contributed by atoms with van der Waals surface area (Å²) < 4.78 is 23.0. The van der Waals surface area contributed by atoms with Crippen LogP contribution in [0, 0.1) is 5.82 Å². The van der Waals surface area contributed by atoms with E-state index < -0.39 is 6.04 Å². The number of rotatable bonds is 9. The Morgan fingerprint density at radius 1 is 1.11 bits per heavy atom. The SMILES string of the molecule is CCNc1cc2c(cn1)c(-c1cnn(C(CO)CO)c1)nn2[C@H]1CC[C@@H](Oc2ccc(F)cc2)CC1. The Morgan fingerprint density at radius 3 is 2.56 bits per heavy atom. The fraction of sp³-hybridized carbons (Fsp3) is 0.423. The topological polar surface area (TPSA) is 110 Å². The number of pyridine rings is 1. The molecule has 0 unspecified atom stereocenters.